The average molecular weight is 170 g/mol. The van der Waals surface area contributed by atoms with Gasteiger partial charge in [-0.05, 0) is 47.2 Å². The van der Waals surface area contributed by atoms with E-state index in [1.807, 2.05) is 0 Å². The summed E-state index contributed by atoms with van der Waals surface area (Å²) < 4.78 is 0. The molecule has 2 heteroatoms. The van der Waals surface area contributed by atoms with Crippen LogP contribution in [-0.4, -0.2) is 36.6 Å². The molecule has 1 saturated heterocycles. The van der Waals surface area contributed by atoms with Gasteiger partial charge in [-0.3, -0.25) is 4.90 Å². The number of piperidine rings is 1. The van der Waals surface area contributed by atoms with Crippen molar-refractivity contribution in [3.05, 3.63) is 0 Å². The highest BCUT2D eigenvalue weighted by Gasteiger charge is 2.26. The summed E-state index contributed by atoms with van der Waals surface area (Å²) in [5.74, 6) is 0. The number of hydrogen-bond acceptors (Lipinski definition) is 2. The zero-order valence-electron chi connectivity index (χ0n) is 8.85. The van der Waals surface area contributed by atoms with E-state index in [0.29, 0.717) is 11.6 Å². The molecule has 0 aromatic rings. The second-order valence-corrected chi connectivity index (χ2v) is 4.74. The van der Waals surface area contributed by atoms with Crippen LogP contribution in [0, 0.1) is 0 Å². The topological polar surface area (TPSA) is 15.3 Å². The van der Waals surface area contributed by atoms with Crippen LogP contribution in [0.5, 0.6) is 0 Å². The number of likely N-dealkylation sites (N-methyl/N-ethyl adjacent to an activating group) is 1. The molecule has 72 valence electrons. The maximum Gasteiger partial charge on any atom is 0.0192 e. The monoisotopic (exact) mass is 170 g/mol. The second kappa shape index (κ2) is 3.75. The molecule has 2 nitrogen and oxygen atoms in total. The molecule has 1 heterocycles. The molecule has 1 fully saturated rings. The predicted octanol–water partition coefficient (Wildman–Crippen LogP) is 1.47. The number of likely N-dealkylation sites (tertiary alicyclic amines) is 1. The van der Waals surface area contributed by atoms with Crippen molar-refractivity contribution in [1.29, 1.82) is 0 Å². The van der Waals surface area contributed by atoms with E-state index in [1.165, 1.54) is 25.9 Å². The number of rotatable bonds is 1. The first kappa shape index (κ1) is 10.0. The lowest BCUT2D eigenvalue weighted by molar-refractivity contribution is 0.0928. The predicted molar refractivity (Wildman–Crippen MR) is 53.4 cm³/mol. The summed E-state index contributed by atoms with van der Waals surface area (Å²) >= 11 is 0. The van der Waals surface area contributed by atoms with E-state index in [9.17, 15) is 0 Å². The Morgan fingerprint density at radius 2 is 2.00 bits per heavy atom. The fourth-order valence-electron chi connectivity index (χ4n) is 1.82. The Labute approximate surface area is 76.3 Å². The summed E-state index contributed by atoms with van der Waals surface area (Å²) in [6.07, 6.45) is 2.67. The summed E-state index contributed by atoms with van der Waals surface area (Å²) in [5, 5.41) is 3.36. The minimum absolute atomic E-state index is 0.343. The summed E-state index contributed by atoms with van der Waals surface area (Å²) in [6.45, 7) is 9.36. The Hall–Kier alpha value is -0.0800. The van der Waals surface area contributed by atoms with E-state index in [0.717, 1.165) is 0 Å². The van der Waals surface area contributed by atoms with E-state index in [4.69, 9.17) is 0 Å². The molecular formula is C10H22N2. The van der Waals surface area contributed by atoms with Crippen LogP contribution in [0.3, 0.4) is 0 Å². The van der Waals surface area contributed by atoms with Crippen LogP contribution >= 0.6 is 0 Å². The lowest BCUT2D eigenvalue weighted by Gasteiger charge is -2.41. The summed E-state index contributed by atoms with van der Waals surface area (Å²) in [7, 11) is 2.07. The Morgan fingerprint density at radius 3 is 2.50 bits per heavy atom. The van der Waals surface area contributed by atoms with Crippen molar-refractivity contribution in [3.8, 4) is 0 Å². The minimum atomic E-state index is 0.343. The van der Waals surface area contributed by atoms with Gasteiger partial charge in [-0.1, -0.05) is 0 Å². The highest BCUT2D eigenvalue weighted by molar-refractivity contribution is 4.84. The van der Waals surface area contributed by atoms with Gasteiger partial charge >= 0.3 is 0 Å². The van der Waals surface area contributed by atoms with Gasteiger partial charge in [-0.2, -0.15) is 0 Å². The first-order chi connectivity index (χ1) is 5.54. The van der Waals surface area contributed by atoms with Crippen molar-refractivity contribution in [2.45, 2.75) is 45.2 Å². The van der Waals surface area contributed by atoms with Crippen LogP contribution in [0.1, 0.15) is 33.6 Å². The van der Waals surface area contributed by atoms with E-state index < -0.39 is 0 Å². The lowest BCUT2D eigenvalue weighted by atomic mass is 9.98. The van der Waals surface area contributed by atoms with Gasteiger partial charge in [-0.15, -0.1) is 0 Å². The summed E-state index contributed by atoms with van der Waals surface area (Å²) in [5.41, 5.74) is 0.343. The molecule has 0 aromatic heterocycles. The maximum atomic E-state index is 3.36. The number of nitrogens with zero attached hydrogens (tertiary/aromatic N) is 1. The molecule has 1 aliphatic heterocycles. The van der Waals surface area contributed by atoms with Gasteiger partial charge in [0.2, 0.25) is 0 Å². The van der Waals surface area contributed by atoms with Gasteiger partial charge in [0.15, 0.2) is 0 Å². The van der Waals surface area contributed by atoms with Gasteiger partial charge in [0.05, 0.1) is 0 Å². The van der Waals surface area contributed by atoms with Gasteiger partial charge < -0.3 is 5.32 Å². The van der Waals surface area contributed by atoms with Crippen molar-refractivity contribution in [1.82, 2.24) is 10.2 Å². The van der Waals surface area contributed by atoms with E-state index >= 15 is 0 Å². The molecule has 0 unspecified atom stereocenters. The van der Waals surface area contributed by atoms with Gasteiger partial charge in [0.1, 0.15) is 0 Å². The lowest BCUT2D eigenvalue weighted by Crippen LogP contribution is -2.51. The Morgan fingerprint density at radius 1 is 1.33 bits per heavy atom. The Balaban J connectivity index is 2.46. The van der Waals surface area contributed by atoms with Crippen molar-refractivity contribution in [2.75, 3.05) is 20.1 Å². The smallest absolute Gasteiger partial charge is 0.0192 e. The van der Waals surface area contributed by atoms with Crippen LogP contribution in [0.15, 0.2) is 0 Å². The molecule has 12 heavy (non-hydrogen) atoms. The van der Waals surface area contributed by atoms with Gasteiger partial charge in [-0.25, -0.2) is 0 Å². The number of nitrogens with one attached hydrogen (secondary N) is 1. The van der Waals surface area contributed by atoms with E-state index in [2.05, 4.69) is 38.0 Å². The molecule has 0 amide bonds. The fraction of sp³-hybridized carbons (Fsp3) is 1.00. The van der Waals surface area contributed by atoms with E-state index in [-0.39, 0.29) is 0 Å². The molecular weight excluding hydrogens is 148 g/mol. The maximum absolute atomic E-state index is 3.36. The Kier molecular flexibility index (Phi) is 3.13. The van der Waals surface area contributed by atoms with Crippen molar-refractivity contribution >= 4 is 0 Å². The molecule has 0 aromatic carbocycles. The van der Waals surface area contributed by atoms with Gasteiger partial charge in [0, 0.05) is 18.1 Å². The van der Waals surface area contributed by atoms with Crippen LogP contribution in [0.4, 0.5) is 0 Å². The fourth-order valence-corrected chi connectivity index (χ4v) is 1.82. The van der Waals surface area contributed by atoms with E-state index in [1.54, 1.807) is 0 Å². The third-order valence-corrected chi connectivity index (χ3v) is 2.78. The molecule has 1 rings (SSSR count). The molecule has 0 saturated carbocycles. The SMILES string of the molecule is CN[C@@H]1CCCN(C(C)(C)C)C1. The molecule has 0 bridgehead atoms. The highest BCUT2D eigenvalue weighted by Crippen LogP contribution is 2.19. The zero-order valence-corrected chi connectivity index (χ0v) is 8.85. The minimum Gasteiger partial charge on any atom is -0.316 e. The summed E-state index contributed by atoms with van der Waals surface area (Å²) in [4.78, 5) is 2.57. The Bertz CT molecular complexity index is 137. The molecule has 1 N–H and O–H groups in total. The molecule has 0 aliphatic carbocycles. The van der Waals surface area contributed by atoms with Crippen LogP contribution in [-0.2, 0) is 0 Å². The second-order valence-electron chi connectivity index (χ2n) is 4.74. The molecule has 0 radical (unpaired) electrons. The van der Waals surface area contributed by atoms with Crippen LogP contribution < -0.4 is 5.32 Å². The average Bonchev–Trinajstić information content (AvgIpc) is 2.03. The zero-order chi connectivity index (χ0) is 9.19. The third-order valence-electron chi connectivity index (χ3n) is 2.78. The molecule has 0 spiro atoms. The molecule has 1 aliphatic rings. The first-order valence-electron chi connectivity index (χ1n) is 4.96. The van der Waals surface area contributed by atoms with Crippen molar-refractivity contribution < 1.29 is 0 Å². The third kappa shape index (κ3) is 2.46. The highest BCUT2D eigenvalue weighted by atomic mass is 15.2. The summed E-state index contributed by atoms with van der Waals surface area (Å²) in [6, 6.07) is 0.706. The number of hydrogen-bond donors (Lipinski definition) is 1. The van der Waals surface area contributed by atoms with Crippen LogP contribution in [0.25, 0.3) is 0 Å². The quantitative estimate of drug-likeness (QED) is 0.641. The standard InChI is InChI=1S/C10H22N2/c1-10(2,3)12-7-5-6-9(8-12)11-4/h9,11H,5-8H2,1-4H3/t9-/m1/s1. The normalized spacial score (nSPS) is 27.5. The van der Waals surface area contributed by atoms with Crippen molar-refractivity contribution in [3.63, 3.8) is 0 Å². The largest absolute Gasteiger partial charge is 0.316 e. The van der Waals surface area contributed by atoms with Crippen molar-refractivity contribution in [2.24, 2.45) is 0 Å². The van der Waals surface area contributed by atoms with Gasteiger partial charge in [0.25, 0.3) is 0 Å². The van der Waals surface area contributed by atoms with Crippen LogP contribution in [0.2, 0.25) is 0 Å². The first-order valence-corrected chi connectivity index (χ1v) is 4.96. The molecule has 1 atom stereocenters.